The first-order valence-corrected chi connectivity index (χ1v) is 7.69. The highest BCUT2D eigenvalue weighted by Crippen LogP contribution is 2.37. The molecule has 2 heteroatoms. The van der Waals surface area contributed by atoms with Crippen LogP contribution in [0.2, 0.25) is 0 Å². The van der Waals surface area contributed by atoms with Crippen molar-refractivity contribution in [3.05, 3.63) is 35.6 Å². The zero-order valence-corrected chi connectivity index (χ0v) is 11.7. The van der Waals surface area contributed by atoms with Crippen molar-refractivity contribution in [3.8, 4) is 0 Å². The maximum Gasteiger partial charge on any atom is 0.123 e. The van der Waals surface area contributed by atoms with Crippen molar-refractivity contribution in [3.63, 3.8) is 0 Å². The maximum absolute atomic E-state index is 12.9. The zero-order chi connectivity index (χ0) is 13.2. The van der Waals surface area contributed by atoms with E-state index < -0.39 is 0 Å². The van der Waals surface area contributed by atoms with Crippen molar-refractivity contribution in [2.24, 2.45) is 11.8 Å². The summed E-state index contributed by atoms with van der Waals surface area (Å²) in [5, 5.41) is 3.72. The quantitative estimate of drug-likeness (QED) is 0.860. The van der Waals surface area contributed by atoms with Gasteiger partial charge in [0.1, 0.15) is 5.82 Å². The molecule has 1 aromatic carbocycles. The minimum Gasteiger partial charge on any atom is -0.314 e. The summed E-state index contributed by atoms with van der Waals surface area (Å²) in [5.74, 6) is 2.34. The van der Waals surface area contributed by atoms with Gasteiger partial charge in [-0.05, 0) is 67.7 Å². The standard InChI is InChI=1S/C17H24FN/c1-12-2-3-13(8-12)11-19-17-9-15(10-17)14-4-6-16(18)7-5-14/h4-7,12-13,15,17,19H,2-3,8-11H2,1H3. The third-order valence-electron chi connectivity index (χ3n) is 4.98. The highest BCUT2D eigenvalue weighted by atomic mass is 19.1. The Labute approximate surface area is 115 Å². The van der Waals surface area contributed by atoms with Crippen LogP contribution < -0.4 is 5.32 Å². The Morgan fingerprint density at radius 2 is 1.84 bits per heavy atom. The van der Waals surface area contributed by atoms with Crippen LogP contribution in [-0.2, 0) is 0 Å². The summed E-state index contributed by atoms with van der Waals surface area (Å²) in [6.07, 6.45) is 6.65. The van der Waals surface area contributed by atoms with Crippen LogP contribution in [0.25, 0.3) is 0 Å². The summed E-state index contributed by atoms with van der Waals surface area (Å²) in [6, 6.07) is 7.72. The highest BCUT2D eigenvalue weighted by Gasteiger charge is 2.31. The van der Waals surface area contributed by atoms with Gasteiger partial charge in [-0.2, -0.15) is 0 Å². The van der Waals surface area contributed by atoms with E-state index in [1.807, 2.05) is 12.1 Å². The molecule has 2 fully saturated rings. The van der Waals surface area contributed by atoms with Crippen molar-refractivity contribution in [1.82, 2.24) is 5.32 Å². The fourth-order valence-corrected chi connectivity index (χ4v) is 3.64. The molecule has 0 saturated heterocycles. The van der Waals surface area contributed by atoms with Gasteiger partial charge in [0.2, 0.25) is 0 Å². The molecule has 1 N–H and O–H groups in total. The second kappa shape index (κ2) is 5.62. The summed E-state index contributed by atoms with van der Waals surface area (Å²) in [5.41, 5.74) is 1.30. The summed E-state index contributed by atoms with van der Waals surface area (Å²) in [7, 11) is 0. The van der Waals surface area contributed by atoms with E-state index in [-0.39, 0.29) is 5.82 Å². The summed E-state index contributed by atoms with van der Waals surface area (Å²) in [6.45, 7) is 3.57. The molecule has 3 rings (SSSR count). The van der Waals surface area contributed by atoms with Gasteiger partial charge in [0.05, 0.1) is 0 Å². The molecule has 0 bridgehead atoms. The molecule has 0 spiro atoms. The van der Waals surface area contributed by atoms with Crippen LogP contribution >= 0.6 is 0 Å². The Morgan fingerprint density at radius 3 is 2.47 bits per heavy atom. The van der Waals surface area contributed by atoms with Crippen LogP contribution in [0.3, 0.4) is 0 Å². The molecule has 2 aliphatic rings. The van der Waals surface area contributed by atoms with E-state index in [1.165, 1.54) is 44.2 Å². The van der Waals surface area contributed by atoms with Gasteiger partial charge in [-0.1, -0.05) is 25.5 Å². The Balaban J connectivity index is 1.39. The van der Waals surface area contributed by atoms with Crippen LogP contribution in [0.4, 0.5) is 4.39 Å². The fraction of sp³-hybridized carbons (Fsp3) is 0.647. The van der Waals surface area contributed by atoms with Gasteiger partial charge in [-0.15, -0.1) is 0 Å². The molecule has 2 unspecified atom stereocenters. The highest BCUT2D eigenvalue weighted by molar-refractivity contribution is 5.23. The molecule has 0 amide bonds. The minimum atomic E-state index is -0.131. The monoisotopic (exact) mass is 261 g/mol. The van der Waals surface area contributed by atoms with E-state index in [0.29, 0.717) is 12.0 Å². The van der Waals surface area contributed by atoms with Gasteiger partial charge in [-0.25, -0.2) is 4.39 Å². The normalized spacial score (nSPS) is 34.2. The number of hydrogen-bond donors (Lipinski definition) is 1. The smallest absolute Gasteiger partial charge is 0.123 e. The number of nitrogens with one attached hydrogen (secondary N) is 1. The molecule has 2 saturated carbocycles. The fourth-order valence-electron chi connectivity index (χ4n) is 3.64. The molecule has 104 valence electrons. The second-order valence-electron chi connectivity index (χ2n) is 6.61. The van der Waals surface area contributed by atoms with E-state index in [9.17, 15) is 4.39 Å². The zero-order valence-electron chi connectivity index (χ0n) is 11.7. The first-order valence-electron chi connectivity index (χ1n) is 7.69. The van der Waals surface area contributed by atoms with E-state index in [1.54, 1.807) is 12.1 Å². The second-order valence-corrected chi connectivity index (χ2v) is 6.61. The molecule has 0 radical (unpaired) electrons. The van der Waals surface area contributed by atoms with Gasteiger partial charge in [0.25, 0.3) is 0 Å². The van der Waals surface area contributed by atoms with Crippen molar-refractivity contribution in [1.29, 1.82) is 0 Å². The molecule has 19 heavy (non-hydrogen) atoms. The summed E-state index contributed by atoms with van der Waals surface area (Å²) < 4.78 is 12.9. The Kier molecular flexibility index (Phi) is 3.88. The third kappa shape index (κ3) is 3.17. The predicted molar refractivity (Wildman–Crippen MR) is 76.7 cm³/mol. The van der Waals surface area contributed by atoms with Crippen LogP contribution in [0.1, 0.15) is 50.5 Å². The minimum absolute atomic E-state index is 0.131. The van der Waals surface area contributed by atoms with Gasteiger partial charge in [0.15, 0.2) is 0 Å². The van der Waals surface area contributed by atoms with E-state index in [0.717, 1.165) is 11.8 Å². The van der Waals surface area contributed by atoms with Crippen LogP contribution in [-0.4, -0.2) is 12.6 Å². The lowest BCUT2D eigenvalue weighted by molar-refractivity contribution is 0.275. The first kappa shape index (κ1) is 13.1. The average Bonchev–Trinajstić information content (AvgIpc) is 2.75. The topological polar surface area (TPSA) is 12.0 Å². The largest absolute Gasteiger partial charge is 0.314 e. The lowest BCUT2D eigenvalue weighted by Gasteiger charge is -2.37. The van der Waals surface area contributed by atoms with Crippen LogP contribution in [0.15, 0.2) is 24.3 Å². The molecule has 0 heterocycles. The van der Waals surface area contributed by atoms with Gasteiger partial charge in [-0.3, -0.25) is 0 Å². The third-order valence-corrected chi connectivity index (χ3v) is 4.98. The van der Waals surface area contributed by atoms with Crippen molar-refractivity contribution < 1.29 is 4.39 Å². The molecular formula is C17H24FN. The molecule has 1 nitrogen and oxygen atoms in total. The van der Waals surface area contributed by atoms with E-state index in [4.69, 9.17) is 0 Å². The maximum atomic E-state index is 12.9. The first-order chi connectivity index (χ1) is 9.20. The molecule has 0 aliphatic heterocycles. The lowest BCUT2D eigenvalue weighted by Crippen LogP contribution is -2.42. The van der Waals surface area contributed by atoms with Gasteiger partial charge in [0, 0.05) is 6.04 Å². The Morgan fingerprint density at radius 1 is 1.11 bits per heavy atom. The molecule has 2 aliphatic carbocycles. The van der Waals surface area contributed by atoms with Gasteiger partial charge >= 0.3 is 0 Å². The van der Waals surface area contributed by atoms with E-state index >= 15 is 0 Å². The number of halogens is 1. The van der Waals surface area contributed by atoms with E-state index in [2.05, 4.69) is 12.2 Å². The average molecular weight is 261 g/mol. The summed E-state index contributed by atoms with van der Waals surface area (Å²) in [4.78, 5) is 0. The molecule has 1 aromatic rings. The number of rotatable bonds is 4. The molecule has 0 aromatic heterocycles. The number of benzene rings is 1. The Hall–Kier alpha value is -0.890. The van der Waals surface area contributed by atoms with Crippen LogP contribution in [0.5, 0.6) is 0 Å². The van der Waals surface area contributed by atoms with Crippen molar-refractivity contribution in [2.45, 2.75) is 51.0 Å². The van der Waals surface area contributed by atoms with Crippen molar-refractivity contribution in [2.75, 3.05) is 6.54 Å². The SMILES string of the molecule is CC1CCC(CNC2CC(c3ccc(F)cc3)C2)C1. The molecule has 2 atom stereocenters. The van der Waals surface area contributed by atoms with Crippen LogP contribution in [0, 0.1) is 17.7 Å². The number of hydrogen-bond acceptors (Lipinski definition) is 1. The molecular weight excluding hydrogens is 237 g/mol. The Bertz CT molecular complexity index is 408. The van der Waals surface area contributed by atoms with Crippen molar-refractivity contribution >= 4 is 0 Å². The summed E-state index contributed by atoms with van der Waals surface area (Å²) >= 11 is 0. The lowest BCUT2D eigenvalue weighted by atomic mass is 9.76. The predicted octanol–water partition coefficient (Wildman–Crippen LogP) is 4.10. The van der Waals surface area contributed by atoms with Gasteiger partial charge < -0.3 is 5.32 Å².